The molecule has 3 aromatic rings. The molecule has 0 spiro atoms. The van der Waals surface area contributed by atoms with Crippen LogP contribution in [0.3, 0.4) is 0 Å². The number of hydrogen-bond acceptors (Lipinski definition) is 4. The maximum absolute atomic E-state index is 12.7. The predicted molar refractivity (Wildman–Crippen MR) is 103 cm³/mol. The zero-order chi connectivity index (χ0) is 18.8. The molecule has 0 saturated carbocycles. The van der Waals surface area contributed by atoms with Crippen molar-refractivity contribution in [1.82, 2.24) is 10.2 Å². The highest BCUT2D eigenvalue weighted by molar-refractivity contribution is 6.07. The topological polar surface area (TPSA) is 87.3 Å². The number of fused-ring (bicyclic) bond motifs is 1. The highest BCUT2D eigenvalue weighted by Gasteiger charge is 2.37. The van der Waals surface area contributed by atoms with Crippen LogP contribution in [0.4, 0.5) is 11.5 Å². The highest BCUT2D eigenvalue weighted by atomic mass is 16.5. The molecule has 1 saturated heterocycles. The van der Waals surface area contributed by atoms with Crippen LogP contribution in [-0.2, 0) is 9.59 Å². The van der Waals surface area contributed by atoms with Gasteiger partial charge in [0.1, 0.15) is 5.75 Å². The lowest BCUT2D eigenvalue weighted by atomic mass is 10.1. The predicted octanol–water partition coefficient (Wildman–Crippen LogP) is 2.95. The van der Waals surface area contributed by atoms with Crippen molar-refractivity contribution in [2.24, 2.45) is 5.92 Å². The lowest BCUT2D eigenvalue weighted by molar-refractivity contribution is -0.122. The molecule has 1 aliphatic rings. The Labute approximate surface area is 156 Å². The molecule has 0 unspecified atom stereocenters. The summed E-state index contributed by atoms with van der Waals surface area (Å²) in [4.78, 5) is 26.8. The molecule has 0 bridgehead atoms. The lowest BCUT2D eigenvalue weighted by Crippen LogP contribution is -2.28. The van der Waals surface area contributed by atoms with Crippen molar-refractivity contribution < 1.29 is 14.3 Å². The number of ether oxygens (including phenoxy) is 1. The van der Waals surface area contributed by atoms with Crippen LogP contribution in [0, 0.1) is 5.92 Å². The van der Waals surface area contributed by atoms with Crippen LogP contribution < -0.4 is 15.0 Å². The van der Waals surface area contributed by atoms with Gasteiger partial charge in [-0.2, -0.15) is 5.10 Å². The molecule has 0 aliphatic carbocycles. The first-order chi connectivity index (χ1) is 13.2. The summed E-state index contributed by atoms with van der Waals surface area (Å²) in [5, 5.41) is 11.0. The van der Waals surface area contributed by atoms with Crippen molar-refractivity contribution in [2.45, 2.75) is 13.3 Å². The second kappa shape index (κ2) is 7.11. The Kier molecular flexibility index (Phi) is 4.50. The number of benzene rings is 2. The molecular weight excluding hydrogens is 344 g/mol. The van der Waals surface area contributed by atoms with Gasteiger partial charge >= 0.3 is 0 Å². The monoisotopic (exact) mass is 364 g/mol. The number of carbonyl (C=O) groups is 2. The molecule has 138 valence electrons. The Morgan fingerprint density at radius 2 is 2.04 bits per heavy atom. The molecule has 2 aromatic carbocycles. The van der Waals surface area contributed by atoms with Gasteiger partial charge in [0.2, 0.25) is 11.8 Å². The Hall–Kier alpha value is -3.35. The van der Waals surface area contributed by atoms with Crippen LogP contribution in [0.25, 0.3) is 10.9 Å². The Bertz CT molecular complexity index is 998. The Balaban J connectivity index is 1.51. The molecule has 4 rings (SSSR count). The normalized spacial score (nSPS) is 16.7. The lowest BCUT2D eigenvalue weighted by Gasteiger charge is -2.15. The maximum Gasteiger partial charge on any atom is 0.229 e. The zero-order valence-electron chi connectivity index (χ0n) is 14.9. The van der Waals surface area contributed by atoms with Crippen LogP contribution in [0.2, 0.25) is 0 Å². The van der Waals surface area contributed by atoms with E-state index in [-0.39, 0.29) is 18.2 Å². The average molecular weight is 364 g/mol. The number of carbonyl (C=O) groups excluding carboxylic acids is 2. The van der Waals surface area contributed by atoms with E-state index in [4.69, 9.17) is 4.74 Å². The molecule has 7 nitrogen and oxygen atoms in total. The van der Waals surface area contributed by atoms with E-state index >= 15 is 0 Å². The van der Waals surface area contributed by atoms with E-state index in [0.29, 0.717) is 30.4 Å². The van der Waals surface area contributed by atoms with Crippen molar-refractivity contribution in [2.75, 3.05) is 23.4 Å². The first-order valence-electron chi connectivity index (χ1n) is 8.93. The molecule has 0 radical (unpaired) electrons. The summed E-state index contributed by atoms with van der Waals surface area (Å²) in [5.74, 6) is 0.444. The van der Waals surface area contributed by atoms with E-state index < -0.39 is 5.92 Å². The summed E-state index contributed by atoms with van der Waals surface area (Å²) < 4.78 is 5.54. The van der Waals surface area contributed by atoms with Crippen molar-refractivity contribution >= 4 is 34.2 Å². The van der Waals surface area contributed by atoms with E-state index in [1.807, 2.05) is 43.3 Å². The highest BCUT2D eigenvalue weighted by Crippen LogP contribution is 2.31. The number of rotatable bonds is 5. The van der Waals surface area contributed by atoms with Crippen LogP contribution >= 0.6 is 0 Å². The van der Waals surface area contributed by atoms with Crippen LogP contribution in [0.15, 0.2) is 48.5 Å². The number of para-hydroxylation sites is 3. The SMILES string of the molecule is CCOc1ccccc1NC(=O)[C@@H]1CC(=O)N(c2n[nH]c3ccccc23)C1. The largest absolute Gasteiger partial charge is 0.492 e. The minimum atomic E-state index is -0.442. The van der Waals surface area contributed by atoms with Gasteiger partial charge in [-0.25, -0.2) is 0 Å². The van der Waals surface area contributed by atoms with Crippen LogP contribution in [0.1, 0.15) is 13.3 Å². The van der Waals surface area contributed by atoms with Gasteiger partial charge in [0.25, 0.3) is 0 Å². The molecule has 1 aromatic heterocycles. The number of anilines is 2. The molecule has 2 amide bonds. The maximum atomic E-state index is 12.7. The summed E-state index contributed by atoms with van der Waals surface area (Å²) in [6.45, 7) is 2.70. The number of H-pyrrole nitrogens is 1. The third-order valence-corrected chi connectivity index (χ3v) is 4.65. The fraction of sp³-hybridized carbons (Fsp3) is 0.250. The number of nitrogens with one attached hydrogen (secondary N) is 2. The van der Waals surface area contributed by atoms with E-state index in [1.165, 1.54) is 0 Å². The molecule has 1 fully saturated rings. The minimum Gasteiger partial charge on any atom is -0.492 e. The molecule has 2 heterocycles. The number of aromatic nitrogens is 2. The molecular formula is C20H20N4O3. The van der Waals surface area contributed by atoms with Crippen LogP contribution in [0.5, 0.6) is 5.75 Å². The number of amides is 2. The van der Waals surface area contributed by atoms with Gasteiger partial charge in [-0.05, 0) is 31.2 Å². The first-order valence-corrected chi connectivity index (χ1v) is 8.93. The number of aromatic amines is 1. The smallest absolute Gasteiger partial charge is 0.229 e. The Morgan fingerprint density at radius 3 is 2.89 bits per heavy atom. The van der Waals surface area contributed by atoms with E-state index in [0.717, 1.165) is 10.9 Å². The summed E-state index contributed by atoms with van der Waals surface area (Å²) in [5.41, 5.74) is 1.47. The van der Waals surface area contributed by atoms with Crippen molar-refractivity contribution in [3.8, 4) is 5.75 Å². The van der Waals surface area contributed by atoms with Gasteiger partial charge in [0, 0.05) is 18.4 Å². The first kappa shape index (κ1) is 17.1. The number of hydrogen-bond donors (Lipinski definition) is 2. The van der Waals surface area contributed by atoms with Gasteiger partial charge in [-0.1, -0.05) is 24.3 Å². The van der Waals surface area contributed by atoms with Gasteiger partial charge < -0.3 is 10.1 Å². The average Bonchev–Trinajstić information content (AvgIpc) is 3.27. The molecule has 7 heteroatoms. The fourth-order valence-corrected chi connectivity index (χ4v) is 3.33. The van der Waals surface area contributed by atoms with Gasteiger partial charge in [-0.3, -0.25) is 19.6 Å². The second-order valence-corrected chi connectivity index (χ2v) is 6.42. The van der Waals surface area contributed by atoms with Gasteiger partial charge in [-0.15, -0.1) is 0 Å². The Morgan fingerprint density at radius 1 is 1.26 bits per heavy atom. The summed E-state index contributed by atoms with van der Waals surface area (Å²) in [7, 11) is 0. The third kappa shape index (κ3) is 3.23. The van der Waals surface area contributed by atoms with Crippen molar-refractivity contribution in [1.29, 1.82) is 0 Å². The van der Waals surface area contributed by atoms with E-state index in [2.05, 4.69) is 15.5 Å². The molecule has 1 atom stereocenters. The molecule has 1 aliphatic heterocycles. The van der Waals surface area contributed by atoms with Crippen LogP contribution in [-0.4, -0.2) is 35.2 Å². The van der Waals surface area contributed by atoms with Gasteiger partial charge in [0.05, 0.1) is 23.7 Å². The standard InChI is InChI=1S/C20H20N4O3/c1-2-27-17-10-6-5-9-16(17)21-20(26)13-11-18(25)24(12-13)19-14-7-3-4-8-15(14)22-23-19/h3-10,13H,2,11-12H2,1H3,(H,21,26)(H,22,23)/t13-/m1/s1. The summed E-state index contributed by atoms with van der Waals surface area (Å²) in [6.07, 6.45) is 0.157. The summed E-state index contributed by atoms with van der Waals surface area (Å²) in [6, 6.07) is 14.9. The second-order valence-electron chi connectivity index (χ2n) is 6.42. The minimum absolute atomic E-state index is 0.106. The van der Waals surface area contributed by atoms with E-state index in [9.17, 15) is 9.59 Å². The van der Waals surface area contributed by atoms with Crippen molar-refractivity contribution in [3.05, 3.63) is 48.5 Å². The summed E-state index contributed by atoms with van der Waals surface area (Å²) >= 11 is 0. The quantitative estimate of drug-likeness (QED) is 0.729. The molecule has 27 heavy (non-hydrogen) atoms. The molecule has 2 N–H and O–H groups in total. The number of nitrogens with zero attached hydrogens (tertiary/aromatic N) is 2. The van der Waals surface area contributed by atoms with Crippen molar-refractivity contribution in [3.63, 3.8) is 0 Å². The third-order valence-electron chi connectivity index (χ3n) is 4.65. The van der Waals surface area contributed by atoms with Gasteiger partial charge in [0.15, 0.2) is 5.82 Å². The van der Waals surface area contributed by atoms with E-state index in [1.54, 1.807) is 17.0 Å². The fourth-order valence-electron chi connectivity index (χ4n) is 3.33. The zero-order valence-corrected chi connectivity index (χ0v) is 14.9.